The number of nitrogens with one attached hydrogen (secondary N) is 1. The molecular weight excluding hydrogens is 274 g/mol. The van der Waals surface area contributed by atoms with Crippen LogP contribution in [0.2, 0.25) is 5.02 Å². The number of para-hydroxylation sites is 1. The van der Waals surface area contributed by atoms with Gasteiger partial charge >= 0.3 is 0 Å². The van der Waals surface area contributed by atoms with Gasteiger partial charge in [0.25, 0.3) is 0 Å². The van der Waals surface area contributed by atoms with Crippen molar-refractivity contribution < 1.29 is 4.74 Å². The minimum atomic E-state index is 0.586. The fourth-order valence-electron chi connectivity index (χ4n) is 2.16. The molecule has 0 aliphatic heterocycles. The van der Waals surface area contributed by atoms with Gasteiger partial charge in [-0.05, 0) is 12.5 Å². The maximum atomic E-state index is 6.35. The molecule has 1 heterocycles. The summed E-state index contributed by atoms with van der Waals surface area (Å²) in [5.74, 6) is 0. The summed E-state index contributed by atoms with van der Waals surface area (Å²) in [7, 11) is 3.62. The number of hydrogen-bond donors (Lipinski definition) is 1. The zero-order valence-corrected chi connectivity index (χ0v) is 12.9. The number of ether oxygens (including phenoxy) is 1. The fraction of sp³-hybridized carbons (Fsp3) is 0.400. The van der Waals surface area contributed by atoms with Gasteiger partial charge in [0.1, 0.15) is 0 Å². The first kappa shape index (κ1) is 14.9. The molecular formula is C15H20ClN3O. The Kier molecular flexibility index (Phi) is 5.04. The normalized spacial score (nSPS) is 10.8. The molecule has 20 heavy (non-hydrogen) atoms. The average molecular weight is 294 g/mol. The maximum Gasteiger partial charge on any atom is 0.0868 e. The van der Waals surface area contributed by atoms with Gasteiger partial charge in [0, 0.05) is 25.4 Å². The maximum absolute atomic E-state index is 6.35. The number of benzene rings is 1. The van der Waals surface area contributed by atoms with Crippen molar-refractivity contribution in [3.8, 4) is 0 Å². The second-order valence-corrected chi connectivity index (χ2v) is 5.01. The minimum absolute atomic E-state index is 0.586. The van der Waals surface area contributed by atoms with Gasteiger partial charge in [-0.2, -0.15) is 5.10 Å². The first-order valence-electron chi connectivity index (χ1n) is 6.68. The summed E-state index contributed by atoms with van der Waals surface area (Å²) in [4.78, 5) is 0. The molecule has 0 fully saturated rings. The van der Waals surface area contributed by atoms with Gasteiger partial charge < -0.3 is 10.1 Å². The highest BCUT2D eigenvalue weighted by molar-refractivity contribution is 6.31. The van der Waals surface area contributed by atoms with Gasteiger partial charge in [0.15, 0.2) is 0 Å². The largest absolute Gasteiger partial charge is 0.380 e. The van der Waals surface area contributed by atoms with Crippen LogP contribution in [0.5, 0.6) is 0 Å². The topological polar surface area (TPSA) is 39.1 Å². The summed E-state index contributed by atoms with van der Waals surface area (Å²) < 4.78 is 7.05. The third kappa shape index (κ3) is 3.14. The van der Waals surface area contributed by atoms with E-state index in [0.717, 1.165) is 34.1 Å². The van der Waals surface area contributed by atoms with E-state index in [9.17, 15) is 0 Å². The summed E-state index contributed by atoms with van der Waals surface area (Å²) in [6.45, 7) is 3.28. The summed E-state index contributed by atoms with van der Waals surface area (Å²) in [6, 6.07) is 8.10. The quantitative estimate of drug-likeness (QED) is 0.887. The predicted molar refractivity (Wildman–Crippen MR) is 82.1 cm³/mol. The van der Waals surface area contributed by atoms with E-state index >= 15 is 0 Å². The van der Waals surface area contributed by atoms with Crippen molar-refractivity contribution in [2.24, 2.45) is 7.05 Å². The van der Waals surface area contributed by atoms with Crippen molar-refractivity contribution in [2.75, 3.05) is 12.4 Å². The van der Waals surface area contributed by atoms with Gasteiger partial charge in [-0.15, -0.1) is 0 Å². The predicted octanol–water partition coefficient (Wildman–Crippen LogP) is 3.39. The van der Waals surface area contributed by atoms with Crippen molar-refractivity contribution in [2.45, 2.75) is 26.5 Å². The van der Waals surface area contributed by atoms with Gasteiger partial charge in [0.05, 0.1) is 29.6 Å². The van der Waals surface area contributed by atoms with E-state index in [1.807, 2.05) is 36.0 Å². The van der Waals surface area contributed by atoms with E-state index in [2.05, 4.69) is 17.3 Å². The Morgan fingerprint density at radius 2 is 2.10 bits per heavy atom. The minimum Gasteiger partial charge on any atom is -0.380 e. The second-order valence-electron chi connectivity index (χ2n) is 4.63. The lowest BCUT2D eigenvalue weighted by molar-refractivity contribution is 0.185. The molecule has 0 saturated heterocycles. The third-order valence-corrected chi connectivity index (χ3v) is 3.70. The number of anilines is 1. The molecule has 0 atom stereocenters. The van der Waals surface area contributed by atoms with Gasteiger partial charge in [-0.25, -0.2) is 0 Å². The van der Waals surface area contributed by atoms with Crippen LogP contribution in [0.3, 0.4) is 0 Å². The van der Waals surface area contributed by atoms with E-state index in [-0.39, 0.29) is 0 Å². The molecule has 0 amide bonds. The lowest BCUT2D eigenvalue weighted by Crippen LogP contribution is -2.07. The van der Waals surface area contributed by atoms with Crippen LogP contribution < -0.4 is 5.32 Å². The summed E-state index contributed by atoms with van der Waals surface area (Å²) in [5.41, 5.74) is 4.13. The van der Waals surface area contributed by atoms with Crippen molar-refractivity contribution in [3.63, 3.8) is 0 Å². The summed E-state index contributed by atoms with van der Waals surface area (Å²) >= 11 is 6.35. The molecule has 108 valence electrons. The van der Waals surface area contributed by atoms with Crippen LogP contribution in [0.1, 0.15) is 23.9 Å². The van der Waals surface area contributed by atoms with E-state index in [1.165, 1.54) is 0 Å². The van der Waals surface area contributed by atoms with Crippen molar-refractivity contribution >= 4 is 17.3 Å². The lowest BCUT2D eigenvalue weighted by Gasteiger charge is -2.11. The van der Waals surface area contributed by atoms with Gasteiger partial charge in [-0.3, -0.25) is 4.68 Å². The molecule has 4 nitrogen and oxygen atoms in total. The molecule has 2 rings (SSSR count). The Hall–Kier alpha value is -1.52. The molecule has 0 bridgehead atoms. The summed E-state index contributed by atoms with van der Waals surface area (Å²) in [5, 5.41) is 8.58. The molecule has 1 aromatic carbocycles. The highest BCUT2D eigenvalue weighted by Crippen LogP contribution is 2.23. The van der Waals surface area contributed by atoms with Crippen LogP contribution in [0.25, 0.3) is 0 Å². The molecule has 0 aliphatic rings. The highest BCUT2D eigenvalue weighted by atomic mass is 35.5. The average Bonchev–Trinajstić information content (AvgIpc) is 2.73. The Balaban J connectivity index is 2.15. The Morgan fingerprint density at radius 3 is 2.75 bits per heavy atom. The number of methoxy groups -OCH3 is 1. The molecule has 0 radical (unpaired) electrons. The number of aryl methyl sites for hydroxylation is 2. The first-order valence-corrected chi connectivity index (χ1v) is 7.06. The van der Waals surface area contributed by atoms with E-state index in [0.29, 0.717) is 13.2 Å². The van der Waals surface area contributed by atoms with Crippen LogP contribution >= 0.6 is 11.6 Å². The van der Waals surface area contributed by atoms with Crippen LogP contribution in [-0.4, -0.2) is 16.9 Å². The van der Waals surface area contributed by atoms with E-state index < -0.39 is 0 Å². The van der Waals surface area contributed by atoms with E-state index in [1.54, 1.807) is 7.11 Å². The monoisotopic (exact) mass is 293 g/mol. The molecule has 5 heteroatoms. The van der Waals surface area contributed by atoms with Crippen LogP contribution in [-0.2, 0) is 31.4 Å². The number of aromatic nitrogens is 2. The molecule has 0 aliphatic carbocycles. The number of nitrogens with zero attached hydrogens (tertiary/aromatic N) is 2. The Bertz CT molecular complexity index is 580. The highest BCUT2D eigenvalue weighted by Gasteiger charge is 2.13. The lowest BCUT2D eigenvalue weighted by atomic mass is 10.2. The zero-order valence-electron chi connectivity index (χ0n) is 12.1. The number of rotatable bonds is 6. The summed E-state index contributed by atoms with van der Waals surface area (Å²) in [6.07, 6.45) is 0.840. The van der Waals surface area contributed by atoms with Gasteiger partial charge in [-0.1, -0.05) is 36.7 Å². The molecule has 0 saturated carbocycles. The molecule has 0 spiro atoms. The van der Waals surface area contributed by atoms with Crippen molar-refractivity contribution in [3.05, 3.63) is 46.2 Å². The third-order valence-electron chi connectivity index (χ3n) is 3.27. The molecule has 2 aromatic rings. The SMILES string of the molecule is CCc1nn(C)c(CNc2ccccc2COC)c1Cl. The van der Waals surface area contributed by atoms with E-state index in [4.69, 9.17) is 16.3 Å². The van der Waals surface area contributed by atoms with Crippen molar-refractivity contribution in [1.29, 1.82) is 0 Å². The zero-order chi connectivity index (χ0) is 14.5. The van der Waals surface area contributed by atoms with Gasteiger partial charge in [0.2, 0.25) is 0 Å². The molecule has 1 N–H and O–H groups in total. The fourth-order valence-corrected chi connectivity index (χ4v) is 2.53. The Labute approximate surface area is 124 Å². The molecule has 1 aromatic heterocycles. The van der Waals surface area contributed by atoms with Crippen molar-refractivity contribution in [1.82, 2.24) is 9.78 Å². The van der Waals surface area contributed by atoms with Crippen LogP contribution in [0, 0.1) is 0 Å². The first-order chi connectivity index (χ1) is 9.67. The molecule has 0 unspecified atom stereocenters. The second kappa shape index (κ2) is 6.77. The van der Waals surface area contributed by atoms with Crippen LogP contribution in [0.15, 0.2) is 24.3 Å². The smallest absolute Gasteiger partial charge is 0.0868 e. The van der Waals surface area contributed by atoms with Crippen LogP contribution in [0.4, 0.5) is 5.69 Å². The standard InChI is InChI=1S/C15H20ClN3O/c1-4-12-15(16)14(19(2)18-12)9-17-13-8-6-5-7-11(13)10-20-3/h5-8,17H,4,9-10H2,1-3H3. The number of hydrogen-bond acceptors (Lipinski definition) is 3. The Morgan fingerprint density at radius 1 is 1.35 bits per heavy atom. The number of halogens is 1.